The largest absolute Gasteiger partial charge is 0.494 e. The van der Waals surface area contributed by atoms with E-state index in [1.807, 2.05) is 36.6 Å². The van der Waals surface area contributed by atoms with Gasteiger partial charge in [0.05, 0.1) is 18.7 Å². The smallest absolute Gasteiger partial charge is 0.226 e. The van der Waals surface area contributed by atoms with Crippen LogP contribution in [0.2, 0.25) is 0 Å². The van der Waals surface area contributed by atoms with Gasteiger partial charge >= 0.3 is 0 Å². The normalized spacial score (nSPS) is 18.7. The first-order chi connectivity index (χ1) is 12.1. The maximum atomic E-state index is 12.3. The Labute approximate surface area is 177 Å². The molecule has 2 unspecified atom stereocenters. The lowest BCUT2D eigenvalue weighted by Crippen LogP contribution is -2.46. The maximum Gasteiger partial charge on any atom is 0.226 e. The molecule has 2 aromatic rings. The third kappa shape index (κ3) is 6.96. The first-order valence-corrected chi connectivity index (χ1v) is 9.72. The summed E-state index contributed by atoms with van der Waals surface area (Å²) >= 11 is 1.57. The first kappa shape index (κ1) is 23.7. The summed E-state index contributed by atoms with van der Waals surface area (Å²) in [6, 6.07) is 8.64. The van der Waals surface area contributed by atoms with Crippen LogP contribution in [0.4, 0.5) is 0 Å². The average molecular weight is 432 g/mol. The Morgan fingerprint density at radius 1 is 1.33 bits per heavy atom. The molecule has 1 aromatic heterocycles. The molecule has 0 aliphatic carbocycles. The number of carbonyl (C=O) groups is 1. The van der Waals surface area contributed by atoms with Crippen molar-refractivity contribution in [3.63, 3.8) is 0 Å². The fourth-order valence-corrected chi connectivity index (χ4v) is 3.91. The Kier molecular flexibility index (Phi) is 10.1. The summed E-state index contributed by atoms with van der Waals surface area (Å²) < 4.78 is 5.46. The fraction of sp³-hybridized carbons (Fsp3) is 0.474. The van der Waals surface area contributed by atoms with Gasteiger partial charge in [-0.1, -0.05) is 0 Å². The molecule has 1 saturated heterocycles. The van der Waals surface area contributed by atoms with Crippen molar-refractivity contribution in [2.75, 3.05) is 13.2 Å². The lowest BCUT2D eigenvalue weighted by molar-refractivity contribution is -0.121. The molecule has 0 spiro atoms. The standard InChI is InChI=1S/C19H25N3O2S.2ClH/c1-3-24-17-6-4-14(5-7-17)19-22-16(12-25-19)11-18(23)21-15-8-9-20-13(2)10-15;;/h4-7,12-13,15,20H,3,8-11H2,1-2H3,(H,21,23);2*1H. The summed E-state index contributed by atoms with van der Waals surface area (Å²) in [4.78, 5) is 16.9. The van der Waals surface area contributed by atoms with E-state index >= 15 is 0 Å². The molecule has 5 nitrogen and oxygen atoms in total. The Balaban J connectivity index is 0.00000182. The van der Waals surface area contributed by atoms with Gasteiger partial charge in [0, 0.05) is 23.0 Å². The number of hydrogen-bond acceptors (Lipinski definition) is 5. The number of nitrogens with one attached hydrogen (secondary N) is 2. The third-order valence-electron chi connectivity index (χ3n) is 4.29. The van der Waals surface area contributed by atoms with Gasteiger partial charge in [0.1, 0.15) is 10.8 Å². The molecule has 1 aromatic carbocycles. The summed E-state index contributed by atoms with van der Waals surface area (Å²) in [5.74, 6) is 0.918. The molecule has 2 N–H and O–H groups in total. The van der Waals surface area contributed by atoms with Crippen molar-refractivity contribution in [1.82, 2.24) is 15.6 Å². The summed E-state index contributed by atoms with van der Waals surface area (Å²) in [7, 11) is 0. The van der Waals surface area contributed by atoms with Crippen molar-refractivity contribution in [2.24, 2.45) is 0 Å². The molecule has 8 heteroatoms. The van der Waals surface area contributed by atoms with E-state index < -0.39 is 0 Å². The van der Waals surface area contributed by atoms with Gasteiger partial charge in [-0.05, 0) is 57.5 Å². The molecule has 3 rings (SSSR count). The van der Waals surface area contributed by atoms with E-state index in [2.05, 4.69) is 22.5 Å². The van der Waals surface area contributed by atoms with Crippen LogP contribution in [0.3, 0.4) is 0 Å². The number of thiazole rings is 1. The van der Waals surface area contributed by atoms with Crippen molar-refractivity contribution < 1.29 is 9.53 Å². The van der Waals surface area contributed by atoms with Crippen LogP contribution < -0.4 is 15.4 Å². The predicted octanol–water partition coefficient (Wildman–Crippen LogP) is 3.85. The monoisotopic (exact) mass is 431 g/mol. The van der Waals surface area contributed by atoms with Crippen LogP contribution >= 0.6 is 36.2 Å². The van der Waals surface area contributed by atoms with E-state index in [9.17, 15) is 4.79 Å². The number of nitrogens with zero attached hydrogens (tertiary/aromatic N) is 1. The summed E-state index contributed by atoms with van der Waals surface area (Å²) in [5, 5.41) is 9.44. The van der Waals surface area contributed by atoms with Gasteiger partial charge in [-0.25, -0.2) is 4.98 Å². The predicted molar refractivity (Wildman–Crippen MR) is 116 cm³/mol. The number of carbonyl (C=O) groups excluding carboxylic acids is 1. The van der Waals surface area contributed by atoms with Crippen molar-refractivity contribution in [3.8, 4) is 16.3 Å². The van der Waals surface area contributed by atoms with Crippen LogP contribution in [0, 0.1) is 0 Å². The number of halogens is 2. The van der Waals surface area contributed by atoms with Crippen LogP contribution in [0.25, 0.3) is 10.6 Å². The minimum absolute atomic E-state index is 0. The Morgan fingerprint density at radius 2 is 2.07 bits per heavy atom. The maximum absolute atomic E-state index is 12.3. The molecule has 1 fully saturated rings. The second-order valence-electron chi connectivity index (χ2n) is 6.42. The number of piperidine rings is 1. The Hall–Kier alpha value is -1.34. The Bertz CT molecular complexity index is 709. The highest BCUT2D eigenvalue weighted by Crippen LogP contribution is 2.26. The van der Waals surface area contributed by atoms with Crippen molar-refractivity contribution in [3.05, 3.63) is 35.3 Å². The number of rotatable bonds is 6. The summed E-state index contributed by atoms with van der Waals surface area (Å²) in [6.45, 7) is 5.74. The molecule has 0 saturated carbocycles. The van der Waals surface area contributed by atoms with Crippen molar-refractivity contribution in [1.29, 1.82) is 0 Å². The highest BCUT2D eigenvalue weighted by atomic mass is 35.5. The number of amides is 1. The quantitative estimate of drug-likeness (QED) is 0.728. The molecule has 1 aliphatic heterocycles. The second kappa shape index (κ2) is 11.5. The van der Waals surface area contributed by atoms with E-state index in [-0.39, 0.29) is 36.8 Å². The number of ether oxygens (including phenoxy) is 1. The van der Waals surface area contributed by atoms with Gasteiger partial charge in [-0.15, -0.1) is 36.2 Å². The Morgan fingerprint density at radius 3 is 2.74 bits per heavy atom. The zero-order valence-electron chi connectivity index (χ0n) is 15.6. The lowest BCUT2D eigenvalue weighted by Gasteiger charge is -2.28. The van der Waals surface area contributed by atoms with Gasteiger partial charge in [0.2, 0.25) is 5.91 Å². The molecule has 2 heterocycles. The molecule has 1 aliphatic rings. The molecule has 2 atom stereocenters. The first-order valence-electron chi connectivity index (χ1n) is 8.84. The molecule has 0 bridgehead atoms. The summed E-state index contributed by atoms with van der Waals surface area (Å²) in [5.41, 5.74) is 1.88. The van der Waals surface area contributed by atoms with E-state index in [1.54, 1.807) is 11.3 Å². The number of hydrogen-bond donors (Lipinski definition) is 2. The van der Waals surface area contributed by atoms with Crippen LogP contribution in [0.5, 0.6) is 5.75 Å². The number of aromatic nitrogens is 1. The molecule has 1 amide bonds. The fourth-order valence-electron chi connectivity index (χ4n) is 3.09. The van der Waals surface area contributed by atoms with E-state index in [1.165, 1.54) is 0 Å². The highest BCUT2D eigenvalue weighted by molar-refractivity contribution is 7.13. The second-order valence-corrected chi connectivity index (χ2v) is 7.28. The van der Waals surface area contributed by atoms with Gasteiger partial charge in [-0.2, -0.15) is 0 Å². The topological polar surface area (TPSA) is 63.2 Å². The van der Waals surface area contributed by atoms with Crippen molar-refractivity contribution >= 4 is 42.1 Å². The van der Waals surface area contributed by atoms with Gasteiger partial charge < -0.3 is 15.4 Å². The van der Waals surface area contributed by atoms with Crippen LogP contribution in [0.15, 0.2) is 29.6 Å². The lowest BCUT2D eigenvalue weighted by atomic mass is 10.0. The van der Waals surface area contributed by atoms with E-state index in [4.69, 9.17) is 4.74 Å². The molecule has 0 radical (unpaired) electrons. The zero-order chi connectivity index (χ0) is 17.6. The minimum Gasteiger partial charge on any atom is -0.494 e. The molecular formula is C19H27Cl2N3O2S. The van der Waals surface area contributed by atoms with Crippen LogP contribution in [-0.2, 0) is 11.2 Å². The highest BCUT2D eigenvalue weighted by Gasteiger charge is 2.20. The molecule has 150 valence electrons. The molecular weight excluding hydrogens is 405 g/mol. The zero-order valence-corrected chi connectivity index (χ0v) is 18.0. The van der Waals surface area contributed by atoms with Crippen LogP contribution in [0.1, 0.15) is 32.4 Å². The SMILES string of the molecule is CCOc1ccc(-c2nc(CC(=O)NC3CCNC(C)C3)cs2)cc1.Cl.Cl. The number of benzene rings is 1. The average Bonchev–Trinajstić information content (AvgIpc) is 3.04. The van der Waals surface area contributed by atoms with Crippen LogP contribution in [-0.4, -0.2) is 36.1 Å². The van der Waals surface area contributed by atoms with E-state index in [0.717, 1.165) is 41.4 Å². The van der Waals surface area contributed by atoms with E-state index in [0.29, 0.717) is 19.1 Å². The third-order valence-corrected chi connectivity index (χ3v) is 5.23. The van der Waals surface area contributed by atoms with Gasteiger partial charge in [-0.3, -0.25) is 4.79 Å². The van der Waals surface area contributed by atoms with Crippen molar-refractivity contribution in [2.45, 2.75) is 45.2 Å². The van der Waals surface area contributed by atoms with Gasteiger partial charge in [0.15, 0.2) is 0 Å². The van der Waals surface area contributed by atoms with Gasteiger partial charge in [0.25, 0.3) is 0 Å². The minimum atomic E-state index is 0. The summed E-state index contributed by atoms with van der Waals surface area (Å²) in [6.07, 6.45) is 2.32. The molecule has 27 heavy (non-hydrogen) atoms.